The minimum atomic E-state index is -1.21. The molecular formula is C25H38N2O6. The number of ether oxygens (including phenoxy) is 3. The van der Waals surface area contributed by atoms with Crippen LogP contribution in [0, 0.1) is 0 Å². The third-order valence-corrected chi connectivity index (χ3v) is 5.27. The summed E-state index contributed by atoms with van der Waals surface area (Å²) in [6, 6.07) is 7.23. The summed E-state index contributed by atoms with van der Waals surface area (Å²) in [5, 5.41) is 11.8. The maximum atomic E-state index is 13.2. The van der Waals surface area contributed by atoms with E-state index in [9.17, 15) is 9.59 Å². The molecule has 0 aliphatic carbocycles. The summed E-state index contributed by atoms with van der Waals surface area (Å²) in [7, 11) is 0. The van der Waals surface area contributed by atoms with Crippen LogP contribution in [-0.2, 0) is 19.1 Å². The number of nitrogens with one attached hydrogen (secondary N) is 1. The molecule has 1 aromatic rings. The van der Waals surface area contributed by atoms with Crippen LogP contribution in [0.2, 0.25) is 0 Å². The summed E-state index contributed by atoms with van der Waals surface area (Å²) in [6.45, 7) is 10.3. The van der Waals surface area contributed by atoms with E-state index < -0.39 is 17.2 Å². The van der Waals surface area contributed by atoms with Crippen LogP contribution < -0.4 is 10.1 Å². The molecule has 0 bridgehead atoms. The molecule has 0 saturated carbocycles. The Kier molecular flexibility index (Phi) is 9.70. The number of amides is 1. The molecular weight excluding hydrogens is 424 g/mol. The molecule has 1 aromatic carbocycles. The minimum absolute atomic E-state index is 0.0561. The van der Waals surface area contributed by atoms with Gasteiger partial charge in [-0.2, -0.15) is 0 Å². The summed E-state index contributed by atoms with van der Waals surface area (Å²) < 4.78 is 17.0. The molecule has 0 unspecified atom stereocenters. The van der Waals surface area contributed by atoms with Gasteiger partial charge in [0.25, 0.3) is 5.91 Å². The number of aliphatic hydroxyl groups is 1. The van der Waals surface area contributed by atoms with E-state index in [-0.39, 0.29) is 31.3 Å². The maximum absolute atomic E-state index is 13.2. The molecule has 0 spiro atoms. The second kappa shape index (κ2) is 12.0. The number of carbonyl (C=O) groups excluding carboxylic acids is 2. The first-order valence-corrected chi connectivity index (χ1v) is 11.7. The van der Waals surface area contributed by atoms with Crippen LogP contribution in [0.5, 0.6) is 5.75 Å². The largest absolute Gasteiger partial charge is 0.494 e. The van der Waals surface area contributed by atoms with Crippen LogP contribution in [0.1, 0.15) is 72.3 Å². The molecule has 2 rings (SSSR count). The first-order valence-electron chi connectivity index (χ1n) is 11.7. The van der Waals surface area contributed by atoms with Crippen molar-refractivity contribution in [1.82, 2.24) is 5.32 Å². The van der Waals surface area contributed by atoms with E-state index in [2.05, 4.69) is 12.2 Å². The Morgan fingerprint density at radius 3 is 2.52 bits per heavy atom. The summed E-state index contributed by atoms with van der Waals surface area (Å²) in [5.74, 6) is 0.418. The molecule has 2 N–H and O–H groups in total. The number of hydrogen-bond acceptors (Lipinski definition) is 7. The van der Waals surface area contributed by atoms with Crippen molar-refractivity contribution in [1.29, 1.82) is 0 Å². The molecule has 2 atom stereocenters. The van der Waals surface area contributed by atoms with E-state index in [0.29, 0.717) is 31.2 Å². The third kappa shape index (κ3) is 7.74. The zero-order valence-corrected chi connectivity index (χ0v) is 20.5. The topological polar surface area (TPSA) is 106 Å². The van der Waals surface area contributed by atoms with Crippen molar-refractivity contribution in [3.63, 3.8) is 0 Å². The Morgan fingerprint density at radius 1 is 1.21 bits per heavy atom. The van der Waals surface area contributed by atoms with Gasteiger partial charge in [-0.15, -0.1) is 0 Å². The summed E-state index contributed by atoms with van der Waals surface area (Å²) in [5.41, 5.74) is -1.09. The average molecular weight is 463 g/mol. The standard InChI is InChI=1S/C25H38N2O6/c1-6-7-15-26-23(30)25(14-13-21(29)33-24(3,4)5)18(2)32-22(27-25)19-9-11-20(12-10-19)31-17-8-16-28/h9-12,18,28H,6-8,13-17H2,1-5H3,(H,26,30)/t18-,25-/m1/s1. The van der Waals surface area contributed by atoms with Gasteiger partial charge in [-0.3, -0.25) is 9.59 Å². The Morgan fingerprint density at radius 2 is 1.91 bits per heavy atom. The highest BCUT2D eigenvalue weighted by Gasteiger charge is 2.50. The predicted octanol–water partition coefficient (Wildman–Crippen LogP) is 3.39. The second-order valence-electron chi connectivity index (χ2n) is 9.25. The molecule has 0 aromatic heterocycles. The molecule has 0 radical (unpaired) electrons. The number of nitrogens with zero attached hydrogens (tertiary/aromatic N) is 1. The highest BCUT2D eigenvalue weighted by molar-refractivity contribution is 6.00. The van der Waals surface area contributed by atoms with Crippen LogP contribution >= 0.6 is 0 Å². The number of esters is 1. The highest BCUT2D eigenvalue weighted by Crippen LogP contribution is 2.34. The van der Waals surface area contributed by atoms with E-state index >= 15 is 0 Å². The Bertz CT molecular complexity index is 815. The van der Waals surface area contributed by atoms with Crippen molar-refractivity contribution in [2.75, 3.05) is 19.8 Å². The van der Waals surface area contributed by atoms with Crippen LogP contribution in [0.25, 0.3) is 0 Å². The number of benzene rings is 1. The van der Waals surface area contributed by atoms with E-state index in [1.165, 1.54) is 0 Å². The summed E-state index contributed by atoms with van der Waals surface area (Å²) >= 11 is 0. The maximum Gasteiger partial charge on any atom is 0.306 e. The van der Waals surface area contributed by atoms with Crippen LogP contribution in [0.3, 0.4) is 0 Å². The van der Waals surface area contributed by atoms with E-state index in [0.717, 1.165) is 18.4 Å². The summed E-state index contributed by atoms with van der Waals surface area (Å²) in [4.78, 5) is 30.3. The molecule has 0 fully saturated rings. The van der Waals surface area contributed by atoms with Gasteiger partial charge in [0.05, 0.1) is 6.61 Å². The SMILES string of the molecule is CCCCNC(=O)[C@]1(CCC(=O)OC(C)(C)C)N=C(c2ccc(OCCCO)cc2)O[C@@H]1C. The lowest BCUT2D eigenvalue weighted by atomic mass is 9.87. The fourth-order valence-electron chi connectivity index (χ4n) is 3.47. The number of aliphatic imine (C=N–C) groups is 1. The molecule has 1 amide bonds. The van der Waals surface area contributed by atoms with Gasteiger partial charge < -0.3 is 24.6 Å². The number of aliphatic hydroxyl groups excluding tert-OH is 1. The van der Waals surface area contributed by atoms with Crippen LogP contribution in [0.15, 0.2) is 29.3 Å². The molecule has 1 aliphatic rings. The molecule has 0 saturated heterocycles. The Labute approximate surface area is 196 Å². The van der Waals surface area contributed by atoms with Gasteiger partial charge >= 0.3 is 5.97 Å². The summed E-state index contributed by atoms with van der Waals surface area (Å²) in [6.07, 6.45) is 2.07. The zero-order chi connectivity index (χ0) is 24.5. The fraction of sp³-hybridized carbons (Fsp3) is 0.640. The number of rotatable bonds is 12. The zero-order valence-electron chi connectivity index (χ0n) is 20.5. The monoisotopic (exact) mass is 462 g/mol. The third-order valence-electron chi connectivity index (χ3n) is 5.27. The number of hydrogen-bond donors (Lipinski definition) is 2. The number of unbranched alkanes of at least 4 members (excludes halogenated alkanes) is 1. The lowest BCUT2D eigenvalue weighted by Gasteiger charge is -2.28. The molecule has 33 heavy (non-hydrogen) atoms. The van der Waals surface area contributed by atoms with Gasteiger partial charge in [-0.25, -0.2) is 4.99 Å². The van der Waals surface area contributed by atoms with Crippen molar-refractivity contribution in [2.24, 2.45) is 4.99 Å². The van der Waals surface area contributed by atoms with Gasteiger partial charge in [-0.1, -0.05) is 13.3 Å². The van der Waals surface area contributed by atoms with Crippen LogP contribution in [-0.4, -0.2) is 59.9 Å². The van der Waals surface area contributed by atoms with Gasteiger partial charge in [0.15, 0.2) is 5.54 Å². The molecule has 1 heterocycles. The van der Waals surface area contributed by atoms with Crippen molar-refractivity contribution in [3.05, 3.63) is 29.8 Å². The first kappa shape index (κ1) is 26.6. The molecule has 184 valence electrons. The first-order chi connectivity index (χ1) is 15.6. The van der Waals surface area contributed by atoms with Gasteiger partial charge in [0.1, 0.15) is 17.5 Å². The van der Waals surface area contributed by atoms with E-state index in [1.807, 2.05) is 32.9 Å². The number of carbonyl (C=O) groups is 2. The van der Waals surface area contributed by atoms with Crippen molar-refractivity contribution >= 4 is 17.8 Å². The highest BCUT2D eigenvalue weighted by atomic mass is 16.6. The lowest BCUT2D eigenvalue weighted by Crippen LogP contribution is -2.51. The molecule has 8 nitrogen and oxygen atoms in total. The Hall–Kier alpha value is -2.61. The van der Waals surface area contributed by atoms with Crippen LogP contribution in [0.4, 0.5) is 0 Å². The van der Waals surface area contributed by atoms with Crippen molar-refractivity contribution < 1.29 is 28.9 Å². The predicted molar refractivity (Wildman–Crippen MR) is 126 cm³/mol. The van der Waals surface area contributed by atoms with Gasteiger partial charge in [0.2, 0.25) is 5.90 Å². The average Bonchev–Trinajstić information content (AvgIpc) is 3.09. The normalized spacial score (nSPS) is 20.1. The fourth-order valence-corrected chi connectivity index (χ4v) is 3.47. The smallest absolute Gasteiger partial charge is 0.306 e. The van der Waals surface area contributed by atoms with E-state index in [4.69, 9.17) is 24.3 Å². The molecule has 8 heteroatoms. The second-order valence-corrected chi connectivity index (χ2v) is 9.25. The van der Waals surface area contributed by atoms with Crippen molar-refractivity contribution in [3.8, 4) is 5.75 Å². The van der Waals surface area contributed by atoms with Gasteiger partial charge in [-0.05, 0) is 64.8 Å². The van der Waals surface area contributed by atoms with E-state index in [1.54, 1.807) is 19.1 Å². The van der Waals surface area contributed by atoms with Crippen molar-refractivity contribution in [2.45, 2.75) is 84.0 Å². The lowest BCUT2D eigenvalue weighted by molar-refractivity contribution is -0.155. The minimum Gasteiger partial charge on any atom is -0.494 e. The van der Waals surface area contributed by atoms with Gasteiger partial charge in [0, 0.05) is 31.6 Å². The quantitative estimate of drug-likeness (QED) is 0.364. The Balaban J connectivity index is 2.22. The molecule has 1 aliphatic heterocycles.